The lowest BCUT2D eigenvalue weighted by molar-refractivity contribution is -0.149. The van der Waals surface area contributed by atoms with E-state index in [1.54, 1.807) is 13.8 Å². The van der Waals surface area contributed by atoms with Gasteiger partial charge in [0.05, 0.1) is 19.8 Å². The van der Waals surface area contributed by atoms with Gasteiger partial charge in [-0.05, 0) is 27.7 Å². The van der Waals surface area contributed by atoms with Gasteiger partial charge in [-0.15, -0.1) is 0 Å². The van der Waals surface area contributed by atoms with Crippen LogP contribution < -0.4 is 5.32 Å². The molecule has 0 amide bonds. The number of ether oxygens (including phenoxy) is 2. The lowest BCUT2D eigenvalue weighted by atomic mass is 9.99. The van der Waals surface area contributed by atoms with Crippen LogP contribution in [0.3, 0.4) is 0 Å². The highest BCUT2D eigenvalue weighted by molar-refractivity contribution is 5.89. The van der Waals surface area contributed by atoms with Crippen LogP contribution in [0.25, 0.3) is 0 Å². The van der Waals surface area contributed by atoms with Gasteiger partial charge >= 0.3 is 11.9 Å². The van der Waals surface area contributed by atoms with Crippen LogP contribution in [-0.4, -0.2) is 65.5 Å². The predicted molar refractivity (Wildman–Crippen MR) is 75.7 cm³/mol. The van der Waals surface area contributed by atoms with Crippen molar-refractivity contribution >= 4 is 11.9 Å². The number of esters is 1. The van der Waals surface area contributed by atoms with Crippen molar-refractivity contribution in [3.63, 3.8) is 0 Å². The normalized spacial score (nSPS) is 13.7. The van der Waals surface area contributed by atoms with Crippen molar-refractivity contribution in [3.05, 3.63) is 0 Å². The molecular formula is C13H27NO7. The number of aliphatic carboxylic acids is 1. The Labute approximate surface area is 125 Å². The zero-order valence-electron chi connectivity index (χ0n) is 13.3. The Morgan fingerprint density at radius 3 is 2.05 bits per heavy atom. The molecule has 0 aliphatic heterocycles. The Morgan fingerprint density at radius 1 is 1.24 bits per heavy atom. The molecule has 0 spiro atoms. The summed E-state index contributed by atoms with van der Waals surface area (Å²) in [5.74, 6) is -1.89. The third-order valence-corrected chi connectivity index (χ3v) is 2.61. The summed E-state index contributed by atoms with van der Waals surface area (Å²) in [5, 5.41) is 29.2. The third-order valence-electron chi connectivity index (χ3n) is 2.61. The molecule has 126 valence electrons. The fourth-order valence-electron chi connectivity index (χ4n) is 0.946. The molecule has 0 radical (unpaired) electrons. The van der Waals surface area contributed by atoms with Gasteiger partial charge in [0, 0.05) is 12.1 Å². The molecule has 2 atom stereocenters. The highest BCUT2D eigenvalue weighted by atomic mass is 16.6. The fraction of sp³-hybridized carbons (Fsp3) is 0.846. The standard InChI is InChI=1S/C9H21NO3.C4H6O4/c1-7(11)9(3,4)10-5-6-13-8(2)12;1-8-4(7)2-3(5)6/h7-8,10-12H,5-6H2,1-4H3;2H2,1H3,(H,5,6). The zero-order chi connectivity index (χ0) is 17.1. The minimum Gasteiger partial charge on any atom is -0.481 e. The molecule has 0 bridgehead atoms. The Bertz CT molecular complexity index is 303. The number of methoxy groups -OCH3 is 1. The molecule has 0 aliphatic carbocycles. The zero-order valence-corrected chi connectivity index (χ0v) is 13.3. The van der Waals surface area contributed by atoms with E-state index < -0.39 is 30.8 Å². The summed E-state index contributed by atoms with van der Waals surface area (Å²) in [6, 6.07) is 0. The molecule has 0 heterocycles. The first-order valence-electron chi connectivity index (χ1n) is 6.54. The monoisotopic (exact) mass is 309 g/mol. The lowest BCUT2D eigenvalue weighted by Crippen LogP contribution is -2.49. The summed E-state index contributed by atoms with van der Waals surface area (Å²) < 4.78 is 8.97. The van der Waals surface area contributed by atoms with Crippen molar-refractivity contribution < 1.29 is 34.4 Å². The Kier molecular flexibility index (Phi) is 12.0. The Morgan fingerprint density at radius 2 is 1.76 bits per heavy atom. The van der Waals surface area contributed by atoms with E-state index in [0.717, 1.165) is 7.11 Å². The van der Waals surface area contributed by atoms with Crippen LogP contribution in [0.5, 0.6) is 0 Å². The van der Waals surface area contributed by atoms with Gasteiger partial charge in [0.2, 0.25) is 0 Å². The molecule has 0 saturated heterocycles. The van der Waals surface area contributed by atoms with Gasteiger partial charge < -0.3 is 30.1 Å². The van der Waals surface area contributed by atoms with Crippen LogP contribution in [0.2, 0.25) is 0 Å². The summed E-state index contributed by atoms with van der Waals surface area (Å²) in [4.78, 5) is 19.7. The number of carboxylic acid groups (broad SMARTS) is 1. The number of hydrogen-bond donors (Lipinski definition) is 4. The molecular weight excluding hydrogens is 282 g/mol. The molecule has 0 aromatic carbocycles. The largest absolute Gasteiger partial charge is 0.481 e. The van der Waals surface area contributed by atoms with E-state index in [2.05, 4.69) is 10.1 Å². The second kappa shape index (κ2) is 11.4. The smallest absolute Gasteiger partial charge is 0.316 e. The maximum Gasteiger partial charge on any atom is 0.316 e. The van der Waals surface area contributed by atoms with E-state index in [-0.39, 0.29) is 5.54 Å². The minimum atomic E-state index is -1.17. The van der Waals surface area contributed by atoms with Crippen LogP contribution >= 0.6 is 0 Å². The van der Waals surface area contributed by atoms with Crippen molar-refractivity contribution in [3.8, 4) is 0 Å². The van der Waals surface area contributed by atoms with E-state index in [9.17, 15) is 14.7 Å². The average Bonchev–Trinajstić information content (AvgIpc) is 2.34. The Hall–Kier alpha value is -1.22. The van der Waals surface area contributed by atoms with Crippen LogP contribution in [0.15, 0.2) is 0 Å². The molecule has 21 heavy (non-hydrogen) atoms. The van der Waals surface area contributed by atoms with E-state index in [4.69, 9.17) is 14.9 Å². The first-order chi connectivity index (χ1) is 9.52. The van der Waals surface area contributed by atoms with Crippen molar-refractivity contribution in [2.45, 2.75) is 52.0 Å². The maximum atomic E-state index is 10.0. The molecule has 0 rings (SSSR count). The van der Waals surface area contributed by atoms with Crippen LogP contribution in [-0.2, 0) is 19.1 Å². The number of hydrogen-bond acceptors (Lipinski definition) is 7. The molecule has 4 N–H and O–H groups in total. The van der Waals surface area contributed by atoms with Crippen molar-refractivity contribution in [2.75, 3.05) is 20.3 Å². The van der Waals surface area contributed by atoms with Gasteiger partial charge in [-0.3, -0.25) is 9.59 Å². The van der Waals surface area contributed by atoms with Crippen LogP contribution in [0, 0.1) is 0 Å². The number of rotatable bonds is 8. The maximum absolute atomic E-state index is 10.0. The molecule has 0 aromatic rings. The molecule has 0 saturated carbocycles. The van der Waals surface area contributed by atoms with Crippen LogP contribution in [0.1, 0.15) is 34.1 Å². The van der Waals surface area contributed by atoms with E-state index in [1.165, 1.54) is 0 Å². The average molecular weight is 309 g/mol. The summed E-state index contributed by atoms with van der Waals surface area (Å²) in [7, 11) is 1.14. The second-order valence-corrected chi connectivity index (χ2v) is 4.94. The topological polar surface area (TPSA) is 125 Å². The van der Waals surface area contributed by atoms with Gasteiger partial charge in [-0.1, -0.05) is 0 Å². The number of carbonyl (C=O) groups is 2. The van der Waals surface area contributed by atoms with Gasteiger partial charge in [0.25, 0.3) is 0 Å². The molecule has 8 heteroatoms. The second-order valence-electron chi connectivity index (χ2n) is 4.94. The minimum absolute atomic E-state index is 0.317. The number of carboxylic acids is 1. The van der Waals surface area contributed by atoms with E-state index >= 15 is 0 Å². The fourth-order valence-corrected chi connectivity index (χ4v) is 0.946. The summed E-state index contributed by atoms with van der Waals surface area (Å²) in [6.07, 6.45) is -1.70. The highest BCUT2D eigenvalue weighted by Crippen LogP contribution is 2.07. The van der Waals surface area contributed by atoms with Crippen molar-refractivity contribution in [1.82, 2.24) is 5.32 Å². The third kappa shape index (κ3) is 15.0. The predicted octanol–water partition coefficient (Wildman–Crippen LogP) is -0.276. The SMILES string of the molecule is CC(O)OCCNC(C)(C)C(C)O.COC(=O)CC(=O)O. The van der Waals surface area contributed by atoms with Gasteiger partial charge in [0.15, 0.2) is 6.29 Å². The van der Waals surface area contributed by atoms with Gasteiger partial charge in [0.1, 0.15) is 6.42 Å². The molecule has 0 fully saturated rings. The summed E-state index contributed by atoms with van der Waals surface area (Å²) in [6.45, 7) is 8.19. The summed E-state index contributed by atoms with van der Waals surface area (Å²) in [5.41, 5.74) is -0.317. The van der Waals surface area contributed by atoms with Crippen molar-refractivity contribution in [1.29, 1.82) is 0 Å². The van der Waals surface area contributed by atoms with E-state index in [0.29, 0.717) is 13.2 Å². The molecule has 8 nitrogen and oxygen atoms in total. The van der Waals surface area contributed by atoms with E-state index in [1.807, 2.05) is 13.8 Å². The lowest BCUT2D eigenvalue weighted by Gasteiger charge is -2.29. The molecule has 0 aliphatic rings. The van der Waals surface area contributed by atoms with Gasteiger partial charge in [-0.25, -0.2) is 0 Å². The number of aliphatic hydroxyl groups is 2. The number of nitrogens with one attached hydrogen (secondary N) is 1. The Balaban J connectivity index is 0. The first kappa shape index (κ1) is 22.1. The first-order valence-corrected chi connectivity index (χ1v) is 6.54. The summed E-state index contributed by atoms with van der Waals surface area (Å²) >= 11 is 0. The van der Waals surface area contributed by atoms with Crippen LogP contribution in [0.4, 0.5) is 0 Å². The highest BCUT2D eigenvalue weighted by Gasteiger charge is 2.22. The quantitative estimate of drug-likeness (QED) is 0.209. The number of carbonyl (C=O) groups excluding carboxylic acids is 1. The molecule has 2 unspecified atom stereocenters. The molecule has 0 aromatic heterocycles. The number of aliphatic hydroxyl groups excluding tert-OH is 2. The van der Waals surface area contributed by atoms with Crippen molar-refractivity contribution in [2.24, 2.45) is 0 Å². The van der Waals surface area contributed by atoms with Gasteiger partial charge in [-0.2, -0.15) is 0 Å².